The van der Waals surface area contributed by atoms with Gasteiger partial charge in [-0.2, -0.15) is 0 Å². The summed E-state index contributed by atoms with van der Waals surface area (Å²) in [4.78, 5) is 0. The highest BCUT2D eigenvalue weighted by atomic mass is 79.9. The lowest BCUT2D eigenvalue weighted by atomic mass is 10.1. The maximum atomic E-state index is 11.9. The van der Waals surface area contributed by atoms with Gasteiger partial charge in [-0.05, 0) is 30.7 Å². The minimum absolute atomic E-state index is 0.0874. The van der Waals surface area contributed by atoms with Gasteiger partial charge in [-0.1, -0.05) is 22.9 Å². The molecule has 0 spiro atoms. The first-order valence-corrected chi connectivity index (χ1v) is 9.58. The summed E-state index contributed by atoms with van der Waals surface area (Å²) in [5.41, 5.74) is 2.00. The van der Waals surface area contributed by atoms with Crippen molar-refractivity contribution in [1.82, 2.24) is 10.0 Å². The van der Waals surface area contributed by atoms with Crippen molar-refractivity contribution in [2.24, 2.45) is 0 Å². The molecule has 1 aliphatic rings. The van der Waals surface area contributed by atoms with Crippen molar-refractivity contribution in [2.75, 3.05) is 25.4 Å². The number of fused-ring (bicyclic) bond motifs is 1. The van der Waals surface area contributed by atoms with Crippen LogP contribution >= 0.6 is 15.9 Å². The topological polar surface area (TPSA) is 67.4 Å². The number of hydrogen-bond donors (Lipinski definition) is 2. The van der Waals surface area contributed by atoms with Crippen molar-refractivity contribution in [1.29, 1.82) is 0 Å². The van der Waals surface area contributed by atoms with Crippen LogP contribution in [0, 0.1) is 0 Å². The Morgan fingerprint density at radius 3 is 2.90 bits per heavy atom. The van der Waals surface area contributed by atoms with E-state index in [2.05, 4.69) is 26.0 Å². The number of nitrogens with one attached hydrogen (secondary N) is 2. The first-order valence-electron chi connectivity index (χ1n) is 7.14. The molecule has 0 saturated heterocycles. The highest BCUT2D eigenvalue weighted by molar-refractivity contribution is 9.10. The van der Waals surface area contributed by atoms with E-state index in [1.165, 1.54) is 0 Å². The largest absolute Gasteiger partial charge is 0.493 e. The highest BCUT2D eigenvalue weighted by Crippen LogP contribution is 2.32. The van der Waals surface area contributed by atoms with Crippen molar-refractivity contribution in [2.45, 2.75) is 26.3 Å². The van der Waals surface area contributed by atoms with Crippen molar-refractivity contribution < 1.29 is 13.2 Å². The molecule has 0 atom stereocenters. The fourth-order valence-electron chi connectivity index (χ4n) is 2.25. The Balaban J connectivity index is 1.94. The van der Waals surface area contributed by atoms with Crippen molar-refractivity contribution in [3.63, 3.8) is 0 Å². The molecule has 0 saturated carbocycles. The second-order valence-corrected chi connectivity index (χ2v) is 7.88. The Bertz CT molecular complexity index is 590. The van der Waals surface area contributed by atoms with E-state index in [4.69, 9.17) is 4.74 Å². The lowest BCUT2D eigenvalue weighted by Crippen LogP contribution is -2.32. The molecule has 0 radical (unpaired) electrons. The summed E-state index contributed by atoms with van der Waals surface area (Å²) in [6.07, 6.45) is 1.87. The van der Waals surface area contributed by atoms with Crippen LogP contribution in [0.5, 0.6) is 5.75 Å². The molecule has 1 aromatic rings. The van der Waals surface area contributed by atoms with Crippen LogP contribution < -0.4 is 14.8 Å². The zero-order valence-corrected chi connectivity index (χ0v) is 14.5. The molecule has 1 heterocycles. The quantitative estimate of drug-likeness (QED) is 0.678. The highest BCUT2D eigenvalue weighted by Gasteiger charge is 2.19. The lowest BCUT2D eigenvalue weighted by Gasteiger charge is -2.11. The summed E-state index contributed by atoms with van der Waals surface area (Å²) in [6, 6.07) is 3.93. The summed E-state index contributed by atoms with van der Waals surface area (Å²) in [5.74, 6) is 0.911. The molecule has 118 valence electrons. The van der Waals surface area contributed by atoms with Gasteiger partial charge in [0.25, 0.3) is 0 Å². The Morgan fingerprint density at radius 1 is 1.33 bits per heavy atom. The molecular weight excluding hydrogens is 356 g/mol. The average Bonchev–Trinajstić information content (AvgIpc) is 2.89. The molecule has 2 rings (SSSR count). The molecule has 0 amide bonds. The summed E-state index contributed by atoms with van der Waals surface area (Å²) >= 11 is 3.45. The molecule has 0 aromatic heterocycles. The number of hydrogen-bond acceptors (Lipinski definition) is 4. The van der Waals surface area contributed by atoms with Crippen LogP contribution in [0.1, 0.15) is 24.5 Å². The molecule has 7 heteroatoms. The van der Waals surface area contributed by atoms with E-state index in [9.17, 15) is 8.42 Å². The van der Waals surface area contributed by atoms with Gasteiger partial charge in [-0.25, -0.2) is 13.1 Å². The number of sulfonamides is 1. The van der Waals surface area contributed by atoms with Crippen LogP contribution in [0.2, 0.25) is 0 Å². The van der Waals surface area contributed by atoms with Crippen LogP contribution in [-0.4, -0.2) is 33.9 Å². The molecule has 1 aromatic carbocycles. The van der Waals surface area contributed by atoms with Crippen molar-refractivity contribution in [3.05, 3.63) is 27.7 Å². The van der Waals surface area contributed by atoms with Crippen LogP contribution in [0.4, 0.5) is 0 Å². The van der Waals surface area contributed by atoms with Gasteiger partial charge >= 0.3 is 0 Å². The average molecular weight is 377 g/mol. The van der Waals surface area contributed by atoms with Crippen LogP contribution in [0.3, 0.4) is 0 Å². The standard InChI is InChI=1S/C14H21BrN2O3S/c1-2-4-16-5-7-21(18,19)17-10-12-9-13(15)8-11-3-6-20-14(11)12/h8-9,16-17H,2-7,10H2,1H3. The fourth-order valence-corrected chi connectivity index (χ4v) is 3.73. The zero-order chi connectivity index (χ0) is 15.3. The van der Waals surface area contributed by atoms with Crippen molar-refractivity contribution >= 4 is 26.0 Å². The van der Waals surface area contributed by atoms with E-state index >= 15 is 0 Å². The zero-order valence-electron chi connectivity index (χ0n) is 12.1. The van der Waals surface area contributed by atoms with Gasteiger partial charge in [-0.3, -0.25) is 0 Å². The third-order valence-electron chi connectivity index (χ3n) is 3.28. The maximum Gasteiger partial charge on any atom is 0.213 e. The molecule has 0 aliphatic carbocycles. The van der Waals surface area contributed by atoms with E-state index in [-0.39, 0.29) is 12.3 Å². The van der Waals surface area contributed by atoms with Gasteiger partial charge in [0.15, 0.2) is 0 Å². The molecule has 1 aliphatic heterocycles. The number of rotatable bonds is 8. The molecule has 0 bridgehead atoms. The molecule has 0 unspecified atom stereocenters. The van der Waals surface area contributed by atoms with Crippen molar-refractivity contribution in [3.8, 4) is 5.75 Å². The van der Waals surface area contributed by atoms with E-state index in [1.807, 2.05) is 19.1 Å². The number of ether oxygens (including phenoxy) is 1. The number of halogens is 1. The van der Waals surface area contributed by atoms with Gasteiger partial charge in [0.05, 0.1) is 12.4 Å². The molecule has 0 fully saturated rings. The van der Waals surface area contributed by atoms with Crippen LogP contribution in [0.25, 0.3) is 0 Å². The smallest absolute Gasteiger partial charge is 0.213 e. The predicted molar refractivity (Wildman–Crippen MR) is 87.1 cm³/mol. The monoisotopic (exact) mass is 376 g/mol. The van der Waals surface area contributed by atoms with Gasteiger partial charge in [0, 0.05) is 29.5 Å². The first-order chi connectivity index (χ1) is 10.0. The van der Waals surface area contributed by atoms with E-state index < -0.39 is 10.0 Å². The third kappa shape index (κ3) is 4.95. The van der Waals surface area contributed by atoms with E-state index in [1.54, 1.807) is 0 Å². The van der Waals surface area contributed by atoms with Crippen LogP contribution in [-0.2, 0) is 23.0 Å². The molecule has 2 N–H and O–H groups in total. The van der Waals surface area contributed by atoms with Gasteiger partial charge < -0.3 is 10.1 Å². The Morgan fingerprint density at radius 2 is 2.14 bits per heavy atom. The van der Waals surface area contributed by atoms with E-state index in [0.29, 0.717) is 13.2 Å². The van der Waals surface area contributed by atoms with Gasteiger partial charge in [-0.15, -0.1) is 0 Å². The van der Waals surface area contributed by atoms with Gasteiger partial charge in [0.2, 0.25) is 10.0 Å². The first kappa shape index (κ1) is 16.7. The Hall–Kier alpha value is -0.630. The fraction of sp³-hybridized carbons (Fsp3) is 0.571. The third-order valence-corrected chi connectivity index (χ3v) is 5.07. The van der Waals surface area contributed by atoms with Gasteiger partial charge in [0.1, 0.15) is 5.75 Å². The summed E-state index contributed by atoms with van der Waals surface area (Å²) < 4.78 is 33.1. The molecular formula is C14H21BrN2O3S. The normalized spacial score (nSPS) is 14.0. The number of benzene rings is 1. The maximum absolute atomic E-state index is 11.9. The summed E-state index contributed by atoms with van der Waals surface area (Å²) in [6.45, 7) is 4.27. The lowest BCUT2D eigenvalue weighted by molar-refractivity contribution is 0.353. The summed E-state index contributed by atoms with van der Waals surface area (Å²) in [5, 5.41) is 3.09. The minimum atomic E-state index is -3.27. The molecule has 5 nitrogen and oxygen atoms in total. The summed E-state index contributed by atoms with van der Waals surface area (Å²) in [7, 11) is -3.27. The Kier molecular flexibility index (Phi) is 6.04. The second-order valence-electron chi connectivity index (χ2n) is 5.04. The minimum Gasteiger partial charge on any atom is -0.493 e. The second kappa shape index (κ2) is 7.58. The molecule has 21 heavy (non-hydrogen) atoms. The van der Waals surface area contributed by atoms with Crippen LogP contribution in [0.15, 0.2) is 16.6 Å². The van der Waals surface area contributed by atoms with E-state index in [0.717, 1.165) is 40.7 Å². The SMILES string of the molecule is CCCNCCS(=O)(=O)NCc1cc(Br)cc2c1OCC2. The predicted octanol–water partition coefficient (Wildman–Crippen LogP) is 1.80. The Labute approximate surface area is 134 Å².